The maximum absolute atomic E-state index is 14.0. The number of hydrogen-bond acceptors (Lipinski definition) is 7. The molecule has 0 aliphatic carbocycles. The van der Waals surface area contributed by atoms with E-state index < -0.39 is 35.1 Å². The Balaban J connectivity index is 1.69. The monoisotopic (exact) mass is 452 g/mol. The molecule has 8 nitrogen and oxygen atoms in total. The van der Waals surface area contributed by atoms with Crippen LogP contribution in [0.4, 0.5) is 23.4 Å². The van der Waals surface area contributed by atoms with Gasteiger partial charge in [-0.05, 0) is 39.0 Å². The molecule has 3 aromatic rings. The highest BCUT2D eigenvalue weighted by molar-refractivity contribution is 6.03. The minimum Gasteiger partial charge on any atom is -0.496 e. The zero-order valence-electron chi connectivity index (χ0n) is 17.6. The van der Waals surface area contributed by atoms with E-state index in [2.05, 4.69) is 25.9 Å². The van der Waals surface area contributed by atoms with Crippen LogP contribution in [0.15, 0.2) is 35.6 Å². The van der Waals surface area contributed by atoms with Crippen molar-refractivity contribution in [2.75, 3.05) is 12.4 Å². The molecule has 3 heterocycles. The number of aromatic nitrogens is 3. The molecule has 0 spiro atoms. The van der Waals surface area contributed by atoms with E-state index in [1.807, 2.05) is 0 Å². The van der Waals surface area contributed by atoms with Gasteiger partial charge < -0.3 is 10.1 Å². The minimum atomic E-state index is -4.77. The first kappa shape index (κ1) is 21.8. The Bertz CT molecular complexity index is 1200. The second-order valence-electron chi connectivity index (χ2n) is 7.69. The first-order valence-corrected chi connectivity index (χ1v) is 9.58. The molecule has 1 aromatic carbocycles. The average molecular weight is 452 g/mol. The molecule has 0 amide bonds. The van der Waals surface area contributed by atoms with E-state index in [0.29, 0.717) is 28.9 Å². The van der Waals surface area contributed by atoms with Crippen LogP contribution in [0.25, 0.3) is 5.65 Å². The SMILES string of the molecule is COc1c([C@@H](C)Nc2ccn3ncc(C4=NC(C)(C)ON4)c3n2)cc(F)cc1C(F)(F)F. The lowest BCUT2D eigenvalue weighted by molar-refractivity contribution is -0.139. The van der Waals surface area contributed by atoms with Crippen molar-refractivity contribution in [3.05, 3.63) is 53.1 Å². The topological polar surface area (TPSA) is 85.1 Å². The summed E-state index contributed by atoms with van der Waals surface area (Å²) in [5.74, 6) is -0.681. The Morgan fingerprint density at radius 3 is 2.66 bits per heavy atom. The van der Waals surface area contributed by atoms with Gasteiger partial charge >= 0.3 is 6.18 Å². The Morgan fingerprint density at radius 1 is 1.28 bits per heavy atom. The number of rotatable bonds is 5. The molecule has 0 fully saturated rings. The average Bonchev–Trinajstić information content (AvgIpc) is 3.28. The van der Waals surface area contributed by atoms with Crippen LogP contribution in [0, 0.1) is 5.82 Å². The second-order valence-corrected chi connectivity index (χ2v) is 7.69. The van der Waals surface area contributed by atoms with Crippen LogP contribution in [-0.4, -0.2) is 33.3 Å². The molecule has 32 heavy (non-hydrogen) atoms. The van der Waals surface area contributed by atoms with Crippen molar-refractivity contribution in [1.82, 2.24) is 20.1 Å². The number of nitrogens with zero attached hydrogens (tertiary/aromatic N) is 4. The fourth-order valence-electron chi connectivity index (χ4n) is 3.39. The number of anilines is 1. The van der Waals surface area contributed by atoms with Gasteiger partial charge in [0.25, 0.3) is 0 Å². The molecule has 170 valence electrons. The first-order valence-electron chi connectivity index (χ1n) is 9.58. The van der Waals surface area contributed by atoms with E-state index >= 15 is 0 Å². The number of hydroxylamine groups is 1. The fraction of sp³-hybridized carbons (Fsp3) is 0.350. The smallest absolute Gasteiger partial charge is 0.420 e. The molecular formula is C20H20F4N6O2. The molecule has 0 bridgehead atoms. The van der Waals surface area contributed by atoms with E-state index in [4.69, 9.17) is 9.57 Å². The molecule has 12 heteroatoms. The number of nitrogens with one attached hydrogen (secondary N) is 2. The van der Waals surface area contributed by atoms with E-state index in [0.717, 1.165) is 13.2 Å². The third-order valence-corrected chi connectivity index (χ3v) is 4.83. The van der Waals surface area contributed by atoms with Crippen molar-refractivity contribution < 1.29 is 27.1 Å². The third kappa shape index (κ3) is 4.05. The molecule has 1 atom stereocenters. The molecular weight excluding hydrogens is 432 g/mol. The van der Waals surface area contributed by atoms with Crippen molar-refractivity contribution in [2.45, 2.75) is 38.7 Å². The number of alkyl halides is 3. The summed E-state index contributed by atoms with van der Waals surface area (Å²) in [6, 6.07) is 2.26. The van der Waals surface area contributed by atoms with Crippen molar-refractivity contribution >= 4 is 17.3 Å². The van der Waals surface area contributed by atoms with Crippen molar-refractivity contribution in [2.24, 2.45) is 4.99 Å². The summed E-state index contributed by atoms with van der Waals surface area (Å²) in [6.07, 6.45) is -1.57. The molecule has 0 unspecified atom stereocenters. The van der Waals surface area contributed by atoms with Gasteiger partial charge in [0.1, 0.15) is 22.9 Å². The van der Waals surface area contributed by atoms with Gasteiger partial charge in [-0.25, -0.2) is 29.2 Å². The molecule has 1 aliphatic rings. The number of amidine groups is 1. The quantitative estimate of drug-likeness (QED) is 0.568. The van der Waals surface area contributed by atoms with E-state index in [1.165, 1.54) is 4.52 Å². The highest BCUT2D eigenvalue weighted by Gasteiger charge is 2.37. The first-order chi connectivity index (χ1) is 15.0. The molecule has 2 aromatic heterocycles. The van der Waals surface area contributed by atoms with Gasteiger partial charge in [0.05, 0.1) is 24.9 Å². The normalized spacial score (nSPS) is 16.6. The summed E-state index contributed by atoms with van der Waals surface area (Å²) < 4.78 is 60.6. The van der Waals surface area contributed by atoms with Crippen LogP contribution in [0.1, 0.15) is 43.5 Å². The van der Waals surface area contributed by atoms with Crippen LogP contribution in [-0.2, 0) is 11.0 Å². The summed E-state index contributed by atoms with van der Waals surface area (Å²) in [7, 11) is 1.11. The standard InChI is InChI=1S/C20H20F4N6O2/c1-10(12-7-11(21)8-14(16(12)31-4)20(22,23)24)26-15-5-6-30-18(27-15)13(9-25-30)17-28-19(2,3)32-29-17/h5-10H,1-4H3,(H,26,27)(H,28,29)/t10-/m1/s1. The Labute approximate surface area is 180 Å². The fourth-order valence-corrected chi connectivity index (χ4v) is 3.39. The summed E-state index contributed by atoms with van der Waals surface area (Å²) >= 11 is 0. The highest BCUT2D eigenvalue weighted by atomic mass is 19.4. The number of halogens is 4. The van der Waals surface area contributed by atoms with Crippen LogP contribution in [0.2, 0.25) is 0 Å². The van der Waals surface area contributed by atoms with Gasteiger partial charge in [0.2, 0.25) is 0 Å². The van der Waals surface area contributed by atoms with Crippen molar-refractivity contribution in [1.29, 1.82) is 0 Å². The predicted molar refractivity (Wildman–Crippen MR) is 108 cm³/mol. The lowest BCUT2D eigenvalue weighted by Gasteiger charge is -2.21. The third-order valence-electron chi connectivity index (χ3n) is 4.83. The highest BCUT2D eigenvalue weighted by Crippen LogP contribution is 2.41. The zero-order valence-corrected chi connectivity index (χ0v) is 17.6. The van der Waals surface area contributed by atoms with Crippen LogP contribution in [0.3, 0.4) is 0 Å². The number of methoxy groups -OCH3 is 1. The van der Waals surface area contributed by atoms with Gasteiger partial charge in [0.15, 0.2) is 17.2 Å². The van der Waals surface area contributed by atoms with Crippen molar-refractivity contribution in [3.63, 3.8) is 0 Å². The lowest BCUT2D eigenvalue weighted by Crippen LogP contribution is -2.23. The van der Waals surface area contributed by atoms with Gasteiger partial charge in [-0.15, -0.1) is 0 Å². The van der Waals surface area contributed by atoms with Gasteiger partial charge in [0, 0.05) is 11.8 Å². The van der Waals surface area contributed by atoms with Crippen molar-refractivity contribution in [3.8, 4) is 5.75 Å². The molecule has 2 N–H and O–H groups in total. The number of hydrogen-bond donors (Lipinski definition) is 2. The molecule has 0 radical (unpaired) electrons. The van der Waals surface area contributed by atoms with E-state index in [9.17, 15) is 17.6 Å². The van der Waals surface area contributed by atoms with Gasteiger partial charge in [-0.3, -0.25) is 0 Å². The molecule has 0 saturated heterocycles. The predicted octanol–water partition coefficient (Wildman–Crippen LogP) is 4.09. The lowest BCUT2D eigenvalue weighted by atomic mass is 10.0. The summed E-state index contributed by atoms with van der Waals surface area (Å²) in [6.45, 7) is 5.14. The molecule has 4 rings (SSSR count). The minimum absolute atomic E-state index is 0.00668. The summed E-state index contributed by atoms with van der Waals surface area (Å²) in [4.78, 5) is 14.3. The largest absolute Gasteiger partial charge is 0.496 e. The van der Waals surface area contributed by atoms with Crippen LogP contribution >= 0.6 is 0 Å². The van der Waals surface area contributed by atoms with Crippen LogP contribution < -0.4 is 15.5 Å². The Hall–Kier alpha value is -3.41. The van der Waals surface area contributed by atoms with Crippen LogP contribution in [0.5, 0.6) is 5.75 Å². The Kier molecular flexibility index (Phi) is 5.19. The maximum Gasteiger partial charge on any atom is 0.420 e. The Morgan fingerprint density at radius 2 is 2.03 bits per heavy atom. The maximum atomic E-state index is 14.0. The summed E-state index contributed by atoms with van der Waals surface area (Å²) in [5.41, 5.74) is 1.83. The molecule has 1 aliphatic heterocycles. The molecule has 0 saturated carbocycles. The van der Waals surface area contributed by atoms with E-state index in [1.54, 1.807) is 39.2 Å². The number of ether oxygens (including phenoxy) is 1. The zero-order chi connectivity index (χ0) is 23.3. The van der Waals surface area contributed by atoms with E-state index in [-0.39, 0.29) is 5.56 Å². The van der Waals surface area contributed by atoms with Gasteiger partial charge in [-0.2, -0.15) is 18.3 Å². The number of benzene rings is 1. The second kappa shape index (κ2) is 7.62. The summed E-state index contributed by atoms with van der Waals surface area (Å²) in [5, 5.41) is 7.22. The number of fused-ring (bicyclic) bond motifs is 1. The van der Waals surface area contributed by atoms with Gasteiger partial charge in [-0.1, -0.05) is 0 Å². The number of aliphatic imine (C=N–C) groups is 1.